The van der Waals surface area contributed by atoms with Crippen molar-refractivity contribution in [1.29, 1.82) is 0 Å². The van der Waals surface area contributed by atoms with E-state index in [9.17, 15) is 0 Å². The third-order valence-corrected chi connectivity index (χ3v) is 8.43. The van der Waals surface area contributed by atoms with Gasteiger partial charge in [-0.05, 0) is 29.7 Å². The van der Waals surface area contributed by atoms with E-state index in [-0.39, 0.29) is 5.04 Å². The summed E-state index contributed by atoms with van der Waals surface area (Å²) < 4.78 is 18.9. The van der Waals surface area contributed by atoms with Crippen LogP contribution >= 0.6 is 15.9 Å². The molecule has 0 bridgehead atoms. The monoisotopic (exact) mass is 395 g/mol. The molecule has 2 aromatic rings. The SMILES string of the molecule is C[Si](C)C(C)(C)COc1ccc(Br)c2cc(C3CCOC3)oc12. The number of rotatable bonds is 5. The molecule has 1 atom stereocenters. The van der Waals surface area contributed by atoms with Crippen molar-refractivity contribution in [2.75, 3.05) is 19.8 Å². The molecular weight excluding hydrogens is 372 g/mol. The van der Waals surface area contributed by atoms with Crippen LogP contribution in [0.4, 0.5) is 0 Å². The molecule has 3 nitrogen and oxygen atoms in total. The van der Waals surface area contributed by atoms with E-state index in [1.165, 1.54) is 0 Å². The van der Waals surface area contributed by atoms with Gasteiger partial charge in [0.1, 0.15) is 5.76 Å². The Morgan fingerprint density at radius 3 is 2.78 bits per heavy atom. The van der Waals surface area contributed by atoms with Crippen LogP contribution in [0.2, 0.25) is 18.1 Å². The van der Waals surface area contributed by atoms with Gasteiger partial charge in [0.15, 0.2) is 11.3 Å². The fraction of sp³-hybridized carbons (Fsp3) is 0.556. The van der Waals surface area contributed by atoms with E-state index in [0.717, 1.165) is 46.6 Å². The van der Waals surface area contributed by atoms with Gasteiger partial charge in [0, 0.05) is 22.4 Å². The highest BCUT2D eigenvalue weighted by Crippen LogP contribution is 2.39. The minimum Gasteiger partial charge on any atom is -0.489 e. The predicted molar refractivity (Wildman–Crippen MR) is 99.1 cm³/mol. The average molecular weight is 396 g/mol. The fourth-order valence-electron chi connectivity index (χ4n) is 2.56. The standard InChI is InChI=1S/C18H24BrO3Si/c1-18(2,23(3)4)11-21-15-6-5-14(19)13-9-16(22-17(13)15)12-7-8-20-10-12/h5-6,9,12H,7-8,10-11H2,1-4H3. The maximum absolute atomic E-state index is 6.16. The number of hydrogen-bond acceptors (Lipinski definition) is 3. The second kappa shape index (κ2) is 6.61. The summed E-state index contributed by atoms with van der Waals surface area (Å²) in [5.74, 6) is 2.20. The molecule has 3 rings (SSSR count). The van der Waals surface area contributed by atoms with E-state index in [1.54, 1.807) is 0 Å². The third kappa shape index (κ3) is 3.51. The van der Waals surface area contributed by atoms with Crippen LogP contribution < -0.4 is 4.74 Å². The van der Waals surface area contributed by atoms with Gasteiger partial charge in [-0.1, -0.05) is 42.9 Å². The quantitative estimate of drug-likeness (QED) is 0.616. The first-order valence-corrected chi connectivity index (χ1v) is 11.4. The van der Waals surface area contributed by atoms with Gasteiger partial charge in [-0.2, -0.15) is 0 Å². The van der Waals surface area contributed by atoms with Crippen LogP contribution in [0.1, 0.15) is 31.9 Å². The van der Waals surface area contributed by atoms with E-state index < -0.39 is 8.80 Å². The predicted octanol–water partition coefficient (Wildman–Crippen LogP) is 5.61. The van der Waals surface area contributed by atoms with Crippen LogP contribution in [0, 0.1) is 0 Å². The molecule has 2 heterocycles. The molecule has 1 aliphatic heterocycles. The van der Waals surface area contributed by atoms with E-state index in [0.29, 0.717) is 12.5 Å². The molecule has 0 N–H and O–H groups in total. The average Bonchev–Trinajstić information content (AvgIpc) is 3.15. The maximum atomic E-state index is 6.16. The Kier molecular flexibility index (Phi) is 4.90. The molecule has 0 amide bonds. The normalized spacial score (nSPS) is 19.0. The maximum Gasteiger partial charge on any atom is 0.177 e. The molecule has 1 aliphatic rings. The highest BCUT2D eigenvalue weighted by molar-refractivity contribution is 9.10. The Balaban J connectivity index is 1.90. The van der Waals surface area contributed by atoms with Gasteiger partial charge in [0.05, 0.1) is 22.0 Å². The van der Waals surface area contributed by atoms with Crippen molar-refractivity contribution in [3.8, 4) is 5.75 Å². The molecule has 1 aromatic heterocycles. The lowest BCUT2D eigenvalue weighted by Crippen LogP contribution is -2.27. The third-order valence-electron chi connectivity index (χ3n) is 4.89. The van der Waals surface area contributed by atoms with E-state index in [4.69, 9.17) is 13.9 Å². The smallest absolute Gasteiger partial charge is 0.177 e. The molecule has 23 heavy (non-hydrogen) atoms. The van der Waals surface area contributed by atoms with Crippen LogP contribution in [0.3, 0.4) is 0 Å². The first-order valence-electron chi connectivity index (χ1n) is 8.11. The van der Waals surface area contributed by atoms with Crippen LogP contribution in [-0.2, 0) is 4.74 Å². The number of ether oxygens (including phenoxy) is 2. The van der Waals surface area contributed by atoms with Crippen molar-refractivity contribution in [2.45, 2.75) is 44.3 Å². The number of hydrogen-bond donors (Lipinski definition) is 0. The number of benzene rings is 1. The summed E-state index contributed by atoms with van der Waals surface area (Å²) in [5, 5.41) is 1.31. The molecule has 1 aromatic carbocycles. The lowest BCUT2D eigenvalue weighted by atomic mass is 10.1. The van der Waals surface area contributed by atoms with Crippen LogP contribution in [-0.4, -0.2) is 28.6 Å². The molecule has 1 unspecified atom stereocenters. The summed E-state index contributed by atoms with van der Waals surface area (Å²) >= 11 is 3.62. The summed E-state index contributed by atoms with van der Waals surface area (Å²) in [4.78, 5) is 0. The van der Waals surface area contributed by atoms with Crippen molar-refractivity contribution in [1.82, 2.24) is 0 Å². The Bertz CT molecular complexity index is 687. The second-order valence-corrected chi connectivity index (χ2v) is 11.4. The molecule has 0 spiro atoms. The van der Waals surface area contributed by atoms with Crippen molar-refractivity contribution < 1.29 is 13.9 Å². The summed E-state index contributed by atoms with van der Waals surface area (Å²) in [6.45, 7) is 11.5. The molecule has 1 radical (unpaired) electrons. The topological polar surface area (TPSA) is 31.6 Å². The Labute approximate surface area is 148 Å². The molecule has 125 valence electrons. The Morgan fingerprint density at radius 1 is 1.35 bits per heavy atom. The highest BCUT2D eigenvalue weighted by Gasteiger charge is 2.26. The lowest BCUT2D eigenvalue weighted by molar-refractivity contribution is 0.191. The number of halogens is 1. The lowest BCUT2D eigenvalue weighted by Gasteiger charge is -2.27. The van der Waals surface area contributed by atoms with E-state index in [1.807, 2.05) is 12.1 Å². The summed E-state index contributed by atoms with van der Waals surface area (Å²) in [7, 11) is -0.430. The van der Waals surface area contributed by atoms with Crippen molar-refractivity contribution >= 4 is 35.7 Å². The molecule has 0 saturated carbocycles. The van der Waals surface area contributed by atoms with Crippen LogP contribution in [0.5, 0.6) is 5.75 Å². The van der Waals surface area contributed by atoms with Gasteiger partial charge >= 0.3 is 0 Å². The second-order valence-electron chi connectivity index (χ2n) is 7.17. The van der Waals surface area contributed by atoms with Gasteiger partial charge in [-0.25, -0.2) is 0 Å². The van der Waals surface area contributed by atoms with Crippen molar-refractivity contribution in [3.63, 3.8) is 0 Å². The fourth-order valence-corrected chi connectivity index (χ4v) is 3.35. The summed E-state index contributed by atoms with van der Waals surface area (Å²) in [5.41, 5.74) is 0.845. The van der Waals surface area contributed by atoms with E-state index >= 15 is 0 Å². The number of furan rings is 1. The zero-order valence-corrected chi connectivity index (χ0v) is 16.8. The molecule has 1 fully saturated rings. The first kappa shape index (κ1) is 17.1. The Hall–Kier alpha value is -0.783. The first-order chi connectivity index (χ1) is 10.9. The Morgan fingerprint density at radius 2 is 2.13 bits per heavy atom. The van der Waals surface area contributed by atoms with Gasteiger partial charge < -0.3 is 13.9 Å². The van der Waals surface area contributed by atoms with Gasteiger partial charge in [0.2, 0.25) is 0 Å². The van der Waals surface area contributed by atoms with Gasteiger partial charge in [-0.3, -0.25) is 0 Å². The van der Waals surface area contributed by atoms with E-state index in [2.05, 4.69) is 48.9 Å². The molecular formula is C18H24BrO3Si. The van der Waals surface area contributed by atoms with Gasteiger partial charge in [-0.15, -0.1) is 0 Å². The molecule has 0 aliphatic carbocycles. The van der Waals surface area contributed by atoms with Crippen molar-refractivity contribution in [2.24, 2.45) is 0 Å². The molecule has 5 heteroatoms. The largest absolute Gasteiger partial charge is 0.489 e. The minimum absolute atomic E-state index is 0.221. The van der Waals surface area contributed by atoms with Crippen molar-refractivity contribution in [3.05, 3.63) is 28.4 Å². The minimum atomic E-state index is -0.430. The molecule has 1 saturated heterocycles. The summed E-state index contributed by atoms with van der Waals surface area (Å²) in [6, 6.07) is 6.17. The summed E-state index contributed by atoms with van der Waals surface area (Å²) in [6.07, 6.45) is 1.03. The van der Waals surface area contributed by atoms with Crippen LogP contribution in [0.25, 0.3) is 11.0 Å². The zero-order chi connectivity index (χ0) is 16.6. The van der Waals surface area contributed by atoms with Gasteiger partial charge in [0.25, 0.3) is 0 Å². The number of fused-ring (bicyclic) bond motifs is 1. The highest BCUT2D eigenvalue weighted by atomic mass is 79.9. The van der Waals surface area contributed by atoms with Crippen LogP contribution in [0.15, 0.2) is 27.1 Å². The zero-order valence-electron chi connectivity index (χ0n) is 14.2.